The van der Waals surface area contributed by atoms with Crippen LogP contribution < -0.4 is 5.32 Å². The number of likely N-dealkylation sites (tertiary alicyclic amines) is 1. The van der Waals surface area contributed by atoms with E-state index in [-0.39, 0.29) is 12.4 Å². The lowest BCUT2D eigenvalue weighted by atomic mass is 9.95. The highest BCUT2D eigenvalue weighted by Crippen LogP contribution is 2.21. The van der Waals surface area contributed by atoms with E-state index in [1.54, 1.807) is 0 Å². The second-order valence-corrected chi connectivity index (χ2v) is 6.76. The van der Waals surface area contributed by atoms with E-state index in [0.717, 1.165) is 45.7 Å². The molecule has 5 heteroatoms. The molecule has 1 aromatic rings. The van der Waals surface area contributed by atoms with Gasteiger partial charge in [0.2, 0.25) is 5.91 Å². The molecule has 0 aliphatic carbocycles. The van der Waals surface area contributed by atoms with Crippen LogP contribution in [0, 0.1) is 0 Å². The van der Waals surface area contributed by atoms with E-state index in [1.165, 1.54) is 24.8 Å². The number of carbonyl (C=O) groups is 1. The van der Waals surface area contributed by atoms with Crippen LogP contribution in [0.15, 0.2) is 30.3 Å². The van der Waals surface area contributed by atoms with Crippen molar-refractivity contribution < 1.29 is 4.79 Å². The van der Waals surface area contributed by atoms with Crippen molar-refractivity contribution in [3.8, 4) is 0 Å². The Kier molecular flexibility index (Phi) is 8.03. The molecule has 0 bridgehead atoms. The highest BCUT2D eigenvalue weighted by Gasteiger charge is 2.24. The standard InChI is InChI=1S/C19H29N3O.ClH/c23-19(22-14-10-20-11-15-22)9-13-21-12-5-4-8-18(21)16-17-6-2-1-3-7-17;/h1-3,6-7,18,20H,4-5,8-16H2;1H. The molecule has 0 spiro atoms. The monoisotopic (exact) mass is 351 g/mol. The second kappa shape index (κ2) is 10.0. The van der Waals surface area contributed by atoms with Crippen molar-refractivity contribution >= 4 is 18.3 Å². The lowest BCUT2D eigenvalue weighted by molar-refractivity contribution is -0.132. The number of halogens is 1. The number of carbonyl (C=O) groups excluding carboxylic acids is 1. The molecule has 4 nitrogen and oxygen atoms in total. The zero-order valence-electron chi connectivity index (χ0n) is 14.5. The Morgan fingerprint density at radius 2 is 1.83 bits per heavy atom. The van der Waals surface area contributed by atoms with Crippen molar-refractivity contribution in [2.75, 3.05) is 39.3 Å². The van der Waals surface area contributed by atoms with Crippen LogP contribution >= 0.6 is 12.4 Å². The Balaban J connectivity index is 0.00000208. The Morgan fingerprint density at radius 3 is 2.58 bits per heavy atom. The average molecular weight is 352 g/mol. The molecule has 2 aliphatic heterocycles. The second-order valence-electron chi connectivity index (χ2n) is 6.76. The maximum Gasteiger partial charge on any atom is 0.223 e. The van der Waals surface area contributed by atoms with Crippen molar-refractivity contribution in [3.05, 3.63) is 35.9 Å². The molecule has 1 atom stereocenters. The summed E-state index contributed by atoms with van der Waals surface area (Å²) in [6.07, 6.45) is 5.64. The van der Waals surface area contributed by atoms with Gasteiger partial charge < -0.3 is 10.2 Å². The summed E-state index contributed by atoms with van der Waals surface area (Å²) in [6.45, 7) is 5.67. The van der Waals surface area contributed by atoms with Gasteiger partial charge in [0.25, 0.3) is 0 Å². The number of hydrogen-bond donors (Lipinski definition) is 1. The molecule has 2 saturated heterocycles. The van der Waals surface area contributed by atoms with Crippen LogP contribution in [0.4, 0.5) is 0 Å². The van der Waals surface area contributed by atoms with Gasteiger partial charge in [-0.15, -0.1) is 12.4 Å². The van der Waals surface area contributed by atoms with E-state index in [4.69, 9.17) is 0 Å². The van der Waals surface area contributed by atoms with Crippen molar-refractivity contribution in [3.63, 3.8) is 0 Å². The van der Waals surface area contributed by atoms with E-state index < -0.39 is 0 Å². The van der Waals surface area contributed by atoms with Gasteiger partial charge in [0.05, 0.1) is 0 Å². The minimum Gasteiger partial charge on any atom is -0.340 e. The number of benzene rings is 1. The molecule has 2 heterocycles. The number of piperazine rings is 1. The van der Waals surface area contributed by atoms with E-state index in [1.807, 2.05) is 4.90 Å². The summed E-state index contributed by atoms with van der Waals surface area (Å²) in [7, 11) is 0. The zero-order chi connectivity index (χ0) is 15.9. The molecule has 1 N–H and O–H groups in total. The fourth-order valence-corrected chi connectivity index (χ4v) is 3.78. The van der Waals surface area contributed by atoms with Gasteiger partial charge in [-0.05, 0) is 31.4 Å². The molecule has 2 aliphatic rings. The summed E-state index contributed by atoms with van der Waals surface area (Å²) in [5.41, 5.74) is 1.41. The molecule has 3 rings (SSSR count). The molecule has 2 fully saturated rings. The third-order valence-electron chi connectivity index (χ3n) is 5.15. The van der Waals surface area contributed by atoms with Gasteiger partial charge in [-0.3, -0.25) is 9.69 Å². The van der Waals surface area contributed by atoms with Gasteiger partial charge in [0.15, 0.2) is 0 Å². The predicted molar refractivity (Wildman–Crippen MR) is 101 cm³/mol. The quantitative estimate of drug-likeness (QED) is 0.884. The molecule has 0 aromatic heterocycles. The van der Waals surface area contributed by atoms with E-state index in [9.17, 15) is 4.79 Å². The van der Waals surface area contributed by atoms with E-state index in [2.05, 4.69) is 40.5 Å². The summed E-state index contributed by atoms with van der Waals surface area (Å²) in [5, 5.41) is 3.31. The SMILES string of the molecule is Cl.O=C(CCN1CCCCC1Cc1ccccc1)N1CCNCC1. The van der Waals surface area contributed by atoms with Crippen molar-refractivity contribution in [2.24, 2.45) is 0 Å². The molecule has 0 saturated carbocycles. The molecule has 24 heavy (non-hydrogen) atoms. The van der Waals surface area contributed by atoms with Crippen LogP contribution in [0.5, 0.6) is 0 Å². The molecule has 1 unspecified atom stereocenters. The van der Waals surface area contributed by atoms with Gasteiger partial charge in [-0.1, -0.05) is 36.8 Å². The number of hydrogen-bond acceptors (Lipinski definition) is 3. The van der Waals surface area contributed by atoms with Crippen LogP contribution in [0.2, 0.25) is 0 Å². The average Bonchev–Trinajstić information content (AvgIpc) is 2.62. The first-order valence-corrected chi connectivity index (χ1v) is 9.09. The minimum atomic E-state index is 0. The third-order valence-corrected chi connectivity index (χ3v) is 5.15. The first-order chi connectivity index (χ1) is 11.3. The first kappa shape index (κ1) is 19.2. The summed E-state index contributed by atoms with van der Waals surface area (Å²) >= 11 is 0. The molecule has 1 amide bonds. The van der Waals surface area contributed by atoms with Crippen molar-refractivity contribution in [2.45, 2.75) is 38.1 Å². The maximum absolute atomic E-state index is 12.4. The van der Waals surface area contributed by atoms with Crippen LogP contribution in [-0.2, 0) is 11.2 Å². The Bertz CT molecular complexity index is 491. The van der Waals surface area contributed by atoms with Crippen molar-refractivity contribution in [1.82, 2.24) is 15.1 Å². The Morgan fingerprint density at radius 1 is 1.08 bits per heavy atom. The summed E-state index contributed by atoms with van der Waals surface area (Å²) in [6, 6.07) is 11.4. The lowest BCUT2D eigenvalue weighted by Crippen LogP contribution is -2.48. The molecular formula is C19H30ClN3O. The summed E-state index contributed by atoms with van der Waals surface area (Å²) in [4.78, 5) is 16.9. The Hall–Kier alpha value is -1.10. The van der Waals surface area contributed by atoms with Crippen LogP contribution in [0.25, 0.3) is 0 Å². The largest absolute Gasteiger partial charge is 0.340 e. The number of amides is 1. The molecule has 1 aromatic carbocycles. The highest BCUT2D eigenvalue weighted by atomic mass is 35.5. The van der Waals surface area contributed by atoms with Crippen LogP contribution in [-0.4, -0.2) is 61.0 Å². The smallest absolute Gasteiger partial charge is 0.223 e. The lowest BCUT2D eigenvalue weighted by Gasteiger charge is -2.36. The fourth-order valence-electron chi connectivity index (χ4n) is 3.78. The first-order valence-electron chi connectivity index (χ1n) is 9.09. The zero-order valence-corrected chi connectivity index (χ0v) is 15.3. The van der Waals surface area contributed by atoms with Gasteiger partial charge in [0.1, 0.15) is 0 Å². The van der Waals surface area contributed by atoms with Gasteiger partial charge >= 0.3 is 0 Å². The van der Waals surface area contributed by atoms with Gasteiger partial charge in [0, 0.05) is 45.2 Å². The number of nitrogens with one attached hydrogen (secondary N) is 1. The van der Waals surface area contributed by atoms with Gasteiger partial charge in [-0.25, -0.2) is 0 Å². The van der Waals surface area contributed by atoms with Gasteiger partial charge in [-0.2, -0.15) is 0 Å². The minimum absolute atomic E-state index is 0. The number of piperidine rings is 1. The topological polar surface area (TPSA) is 35.6 Å². The van der Waals surface area contributed by atoms with E-state index >= 15 is 0 Å². The molecular weight excluding hydrogens is 322 g/mol. The summed E-state index contributed by atoms with van der Waals surface area (Å²) < 4.78 is 0. The van der Waals surface area contributed by atoms with E-state index in [0.29, 0.717) is 18.4 Å². The molecule has 134 valence electrons. The number of rotatable bonds is 5. The van der Waals surface area contributed by atoms with Crippen molar-refractivity contribution in [1.29, 1.82) is 0 Å². The predicted octanol–water partition coefficient (Wildman–Crippen LogP) is 2.33. The van der Waals surface area contributed by atoms with Crippen LogP contribution in [0.3, 0.4) is 0 Å². The molecule has 0 radical (unpaired) electrons. The highest BCUT2D eigenvalue weighted by molar-refractivity contribution is 5.85. The number of nitrogens with zero attached hydrogens (tertiary/aromatic N) is 2. The third kappa shape index (κ3) is 5.47. The summed E-state index contributed by atoms with van der Waals surface area (Å²) in [5.74, 6) is 0.329. The Labute approximate surface area is 152 Å². The fraction of sp³-hybridized carbons (Fsp3) is 0.632. The maximum atomic E-state index is 12.4. The van der Waals surface area contributed by atoms with Crippen LogP contribution in [0.1, 0.15) is 31.2 Å². The normalized spacial score (nSPS) is 22.0.